The van der Waals surface area contributed by atoms with Crippen molar-refractivity contribution in [2.45, 2.75) is 0 Å². The molecular weight excluding hydrogens is 168 g/mol. The van der Waals surface area contributed by atoms with E-state index in [1.165, 1.54) is 12.7 Å². The minimum atomic E-state index is 0.558. The Bertz CT molecular complexity index is 369. The van der Waals surface area contributed by atoms with Gasteiger partial charge in [0.15, 0.2) is 0 Å². The van der Waals surface area contributed by atoms with E-state index in [9.17, 15) is 0 Å². The van der Waals surface area contributed by atoms with Crippen molar-refractivity contribution in [2.75, 3.05) is 0 Å². The first-order valence-electron chi connectivity index (χ1n) is 3.70. The van der Waals surface area contributed by atoms with Crippen LogP contribution in [0.15, 0.2) is 37.2 Å². The summed E-state index contributed by atoms with van der Waals surface area (Å²) in [4.78, 5) is 21.8. The average Bonchev–Trinajstić information content (AvgIpc) is 2.19. The van der Waals surface area contributed by atoms with Crippen molar-refractivity contribution in [1.29, 1.82) is 0 Å². The maximum absolute atomic E-state index is 4.06. The largest absolute Gasteiger partial charge is 0.241 e. The third kappa shape index (κ3) is 0.792. The molecule has 3 aliphatic heterocycles. The van der Waals surface area contributed by atoms with Gasteiger partial charge in [-0.1, -0.05) is 0 Å². The highest BCUT2D eigenvalue weighted by atomic mass is 15.4. The number of aliphatic imine (C=N–C) groups is 5. The molecule has 0 aliphatic carbocycles. The smallest absolute Gasteiger partial charge is 0.229 e. The number of guanidine groups is 2. The molecule has 62 valence electrons. The van der Waals surface area contributed by atoms with Crippen molar-refractivity contribution in [3.05, 3.63) is 12.3 Å². The quantitative estimate of drug-likeness (QED) is 0.507. The second kappa shape index (κ2) is 2.19. The zero-order chi connectivity index (χ0) is 8.67. The van der Waals surface area contributed by atoms with Crippen LogP contribution in [0.25, 0.3) is 0 Å². The monoisotopic (exact) mass is 172 g/mol. The third-order valence-corrected chi connectivity index (χ3v) is 1.75. The van der Waals surface area contributed by atoms with Crippen LogP contribution in [0.4, 0.5) is 0 Å². The second-order valence-electron chi connectivity index (χ2n) is 2.49. The Morgan fingerprint density at radius 2 is 1.69 bits per heavy atom. The summed E-state index contributed by atoms with van der Waals surface area (Å²) in [5.74, 6) is 1.86. The molecule has 0 spiro atoms. The lowest BCUT2D eigenvalue weighted by molar-refractivity contribution is 0.850. The van der Waals surface area contributed by atoms with Crippen molar-refractivity contribution in [3.8, 4) is 0 Å². The first-order chi connectivity index (χ1) is 6.45. The molecule has 0 bridgehead atoms. The Kier molecular flexibility index (Phi) is 1.08. The van der Waals surface area contributed by atoms with Gasteiger partial charge in [0.2, 0.25) is 11.9 Å². The van der Waals surface area contributed by atoms with Gasteiger partial charge in [0.25, 0.3) is 0 Å². The first-order valence-corrected chi connectivity index (χ1v) is 3.70. The molecule has 3 heterocycles. The molecule has 0 fully saturated rings. The van der Waals surface area contributed by atoms with E-state index in [2.05, 4.69) is 25.0 Å². The average molecular weight is 172 g/mol. The van der Waals surface area contributed by atoms with Crippen LogP contribution in [0.2, 0.25) is 0 Å². The minimum absolute atomic E-state index is 0.558. The Morgan fingerprint density at radius 1 is 0.923 bits per heavy atom. The zero-order valence-corrected chi connectivity index (χ0v) is 6.49. The molecule has 0 saturated carbocycles. The lowest BCUT2D eigenvalue weighted by Gasteiger charge is -2.26. The maximum Gasteiger partial charge on any atom is 0.241 e. The van der Waals surface area contributed by atoms with Gasteiger partial charge in [-0.15, -0.1) is 0 Å². The molecule has 0 radical (unpaired) electrons. The van der Waals surface area contributed by atoms with Crippen LogP contribution in [-0.2, 0) is 0 Å². The summed E-state index contributed by atoms with van der Waals surface area (Å²) in [5.41, 5.74) is 0. The molecule has 0 unspecified atom stereocenters. The molecule has 6 nitrogen and oxygen atoms in total. The number of rotatable bonds is 0. The maximum atomic E-state index is 4.06. The molecule has 0 aromatic rings. The van der Waals surface area contributed by atoms with E-state index in [0.717, 1.165) is 5.84 Å². The summed E-state index contributed by atoms with van der Waals surface area (Å²) in [6.45, 7) is 0. The molecule has 0 N–H and O–H groups in total. The predicted molar refractivity (Wildman–Crippen MR) is 50.3 cm³/mol. The molecule has 0 aromatic heterocycles. The fraction of sp³-hybridized carbons (Fsp3) is 0. The van der Waals surface area contributed by atoms with Gasteiger partial charge in [-0.2, -0.15) is 0 Å². The second-order valence-corrected chi connectivity index (χ2v) is 2.49. The molecule has 3 rings (SSSR count). The highest BCUT2D eigenvalue weighted by molar-refractivity contribution is 6.26. The molecule has 0 aromatic carbocycles. The van der Waals surface area contributed by atoms with Gasteiger partial charge >= 0.3 is 0 Å². The standard InChI is InChI=1S/C7H4N6/c1-2-8-6-11-4-12-7-10-3-9-5(1)13(6)7/h1-4H. The van der Waals surface area contributed by atoms with Crippen molar-refractivity contribution in [3.63, 3.8) is 0 Å². The SMILES string of the molecule is C1=CC2=NC=NC3=NC=NC(=N1)N23. The summed E-state index contributed by atoms with van der Waals surface area (Å²) >= 11 is 0. The molecule has 0 atom stereocenters. The highest BCUT2D eigenvalue weighted by Gasteiger charge is 2.26. The number of nitrogens with zero attached hydrogens (tertiary/aromatic N) is 6. The summed E-state index contributed by atoms with van der Waals surface area (Å²) in [6, 6.07) is 0. The lowest BCUT2D eigenvalue weighted by Crippen LogP contribution is -2.44. The van der Waals surface area contributed by atoms with Crippen molar-refractivity contribution in [1.82, 2.24) is 4.90 Å². The van der Waals surface area contributed by atoms with Crippen LogP contribution in [0, 0.1) is 0 Å². The number of hydrogen-bond donors (Lipinski definition) is 0. The van der Waals surface area contributed by atoms with Gasteiger partial charge < -0.3 is 0 Å². The molecule has 3 aliphatic rings. The fourth-order valence-corrected chi connectivity index (χ4v) is 1.21. The number of amidine groups is 1. The van der Waals surface area contributed by atoms with E-state index in [1.807, 2.05) is 0 Å². The summed E-state index contributed by atoms with van der Waals surface area (Å²) in [5, 5.41) is 0. The number of hydrogen-bond acceptors (Lipinski definition) is 6. The van der Waals surface area contributed by atoms with Gasteiger partial charge in [-0.05, 0) is 0 Å². The Hall–Kier alpha value is -2.11. The van der Waals surface area contributed by atoms with E-state index in [4.69, 9.17) is 0 Å². The summed E-state index contributed by atoms with van der Waals surface area (Å²) in [7, 11) is 0. The van der Waals surface area contributed by atoms with Crippen LogP contribution in [0.5, 0.6) is 0 Å². The third-order valence-electron chi connectivity index (χ3n) is 1.75. The van der Waals surface area contributed by atoms with Gasteiger partial charge in [-0.3, -0.25) is 0 Å². The predicted octanol–water partition coefficient (Wildman–Crippen LogP) is 0.0100. The van der Waals surface area contributed by atoms with Crippen molar-refractivity contribution in [2.24, 2.45) is 25.0 Å². The van der Waals surface area contributed by atoms with Crippen LogP contribution in [0.1, 0.15) is 0 Å². The van der Waals surface area contributed by atoms with E-state index in [-0.39, 0.29) is 0 Å². The zero-order valence-electron chi connectivity index (χ0n) is 6.49. The van der Waals surface area contributed by atoms with Gasteiger partial charge in [0, 0.05) is 12.3 Å². The van der Waals surface area contributed by atoms with Crippen LogP contribution in [-0.4, -0.2) is 35.3 Å². The van der Waals surface area contributed by atoms with Gasteiger partial charge in [0.1, 0.15) is 18.5 Å². The van der Waals surface area contributed by atoms with Gasteiger partial charge in [0.05, 0.1) is 0 Å². The molecule has 0 amide bonds. The molecule has 6 heteroatoms. The van der Waals surface area contributed by atoms with Crippen molar-refractivity contribution < 1.29 is 0 Å². The Labute approximate surface area is 73.5 Å². The lowest BCUT2D eigenvalue weighted by atomic mass is 10.4. The summed E-state index contributed by atoms with van der Waals surface area (Å²) < 4.78 is 0. The minimum Gasteiger partial charge on any atom is -0.229 e. The summed E-state index contributed by atoms with van der Waals surface area (Å²) in [6.07, 6.45) is 6.34. The Balaban J connectivity index is 2.23. The van der Waals surface area contributed by atoms with Crippen LogP contribution in [0.3, 0.4) is 0 Å². The van der Waals surface area contributed by atoms with Gasteiger partial charge in [-0.25, -0.2) is 29.9 Å². The van der Waals surface area contributed by atoms with E-state index >= 15 is 0 Å². The van der Waals surface area contributed by atoms with Crippen LogP contribution < -0.4 is 0 Å². The molecule has 13 heavy (non-hydrogen) atoms. The molecular formula is C7H4N6. The first kappa shape index (κ1) is 6.41. The highest BCUT2D eigenvalue weighted by Crippen LogP contribution is 2.12. The topological polar surface area (TPSA) is 65.0 Å². The van der Waals surface area contributed by atoms with Crippen LogP contribution >= 0.6 is 0 Å². The fourth-order valence-electron chi connectivity index (χ4n) is 1.21. The van der Waals surface area contributed by atoms with E-state index in [1.54, 1.807) is 17.2 Å². The van der Waals surface area contributed by atoms with E-state index < -0.39 is 0 Å². The Morgan fingerprint density at radius 3 is 2.62 bits per heavy atom. The molecule has 0 saturated heterocycles. The van der Waals surface area contributed by atoms with Crippen molar-refractivity contribution >= 4 is 30.4 Å². The van der Waals surface area contributed by atoms with E-state index in [0.29, 0.717) is 11.9 Å². The normalized spacial score (nSPS) is 22.2.